The first-order valence-electron chi connectivity index (χ1n) is 8.14. The van der Waals surface area contributed by atoms with Crippen molar-refractivity contribution in [2.45, 2.75) is 45.0 Å². The van der Waals surface area contributed by atoms with E-state index < -0.39 is 15.7 Å². The molecule has 0 saturated carbocycles. The lowest BCUT2D eigenvalue weighted by molar-refractivity contribution is 0.0126. The summed E-state index contributed by atoms with van der Waals surface area (Å²) in [6.07, 6.45) is 0.516. The second kappa shape index (κ2) is 6.17. The summed E-state index contributed by atoms with van der Waals surface area (Å²) >= 11 is 0. The summed E-state index contributed by atoms with van der Waals surface area (Å²) in [4.78, 5) is 14.0. The molecule has 2 aliphatic rings. The molecule has 0 spiro atoms. The Bertz CT molecular complexity index is 783. The first-order valence-corrected chi connectivity index (χ1v) is 9.95. The van der Waals surface area contributed by atoms with Gasteiger partial charge in [0.05, 0.1) is 25.5 Å². The van der Waals surface area contributed by atoms with E-state index in [-0.39, 0.29) is 23.9 Å². The van der Waals surface area contributed by atoms with Gasteiger partial charge in [0.15, 0.2) is 0 Å². The van der Waals surface area contributed by atoms with Crippen molar-refractivity contribution in [3.8, 4) is 5.75 Å². The third-order valence-corrected chi connectivity index (χ3v) is 4.63. The molecular formula is C17H23NO6S. The smallest absolute Gasteiger partial charge is 0.410 e. The van der Waals surface area contributed by atoms with Crippen LogP contribution >= 0.6 is 0 Å². The summed E-state index contributed by atoms with van der Waals surface area (Å²) in [5.41, 5.74) is 1.39. The number of carbonyl (C=O) groups excluding carboxylic acids is 1. The molecule has 3 rings (SSSR count). The molecule has 1 aromatic carbocycles. The Hall–Kier alpha value is -1.80. The van der Waals surface area contributed by atoms with Gasteiger partial charge in [-0.05, 0) is 44.0 Å². The van der Waals surface area contributed by atoms with E-state index in [4.69, 9.17) is 13.7 Å². The van der Waals surface area contributed by atoms with Crippen molar-refractivity contribution in [2.75, 3.05) is 19.3 Å². The topological polar surface area (TPSA) is 82.1 Å². The van der Waals surface area contributed by atoms with Crippen molar-refractivity contribution in [1.29, 1.82) is 0 Å². The fourth-order valence-electron chi connectivity index (χ4n) is 3.19. The van der Waals surface area contributed by atoms with Gasteiger partial charge in [0.25, 0.3) is 0 Å². The lowest BCUT2D eigenvalue weighted by Crippen LogP contribution is -2.36. The number of amides is 1. The number of likely N-dealkylation sites (tertiary alicyclic amines) is 1. The molecule has 1 aromatic rings. The summed E-state index contributed by atoms with van der Waals surface area (Å²) in [6, 6.07) is 5.15. The molecule has 7 nitrogen and oxygen atoms in total. The minimum Gasteiger partial charge on any atom is -0.444 e. The monoisotopic (exact) mass is 369 g/mol. The largest absolute Gasteiger partial charge is 0.444 e. The fourth-order valence-corrected chi connectivity index (χ4v) is 3.64. The number of nitrogens with zero attached hydrogens (tertiary/aromatic N) is 1. The highest BCUT2D eigenvalue weighted by Crippen LogP contribution is 2.38. The van der Waals surface area contributed by atoms with Gasteiger partial charge in [0.2, 0.25) is 0 Å². The molecule has 2 heterocycles. The maximum atomic E-state index is 12.3. The van der Waals surface area contributed by atoms with Crippen LogP contribution in [0.4, 0.5) is 4.79 Å². The zero-order valence-corrected chi connectivity index (χ0v) is 15.6. The Balaban J connectivity index is 1.81. The van der Waals surface area contributed by atoms with E-state index in [2.05, 4.69) is 0 Å². The summed E-state index contributed by atoms with van der Waals surface area (Å²) < 4.78 is 39.0. The lowest BCUT2D eigenvalue weighted by Gasteiger charge is -2.27. The van der Waals surface area contributed by atoms with Crippen LogP contribution in [0.5, 0.6) is 5.75 Å². The molecule has 0 bridgehead atoms. The minimum absolute atomic E-state index is 0.0284. The van der Waals surface area contributed by atoms with Gasteiger partial charge in [-0.15, -0.1) is 0 Å². The van der Waals surface area contributed by atoms with Crippen LogP contribution in [0.25, 0.3) is 0 Å². The zero-order chi connectivity index (χ0) is 18.4. The molecule has 2 aliphatic heterocycles. The lowest BCUT2D eigenvalue weighted by atomic mass is 9.89. The normalized spacial score (nSPS) is 23.0. The van der Waals surface area contributed by atoms with Gasteiger partial charge >= 0.3 is 16.2 Å². The van der Waals surface area contributed by atoms with Crippen LogP contribution in [0.2, 0.25) is 0 Å². The summed E-state index contributed by atoms with van der Waals surface area (Å²) in [7, 11) is -3.59. The Labute approximate surface area is 148 Å². The standard InChI is InChI=1S/C17H23NO6S/c1-17(2,3)23-16(19)18-8-14-13-7-12(24-25(4,20)21)6-5-11(13)10-22-15(14)9-18/h5-7,14-15H,8-10H2,1-4H3/t14-,15-/m0/s1. The van der Waals surface area contributed by atoms with Crippen LogP contribution in [0.15, 0.2) is 18.2 Å². The average Bonchev–Trinajstić information content (AvgIpc) is 2.88. The number of carbonyl (C=O) groups is 1. The molecule has 2 atom stereocenters. The van der Waals surface area contributed by atoms with Crippen molar-refractivity contribution in [2.24, 2.45) is 0 Å². The van der Waals surface area contributed by atoms with E-state index in [1.165, 1.54) is 0 Å². The molecule has 1 amide bonds. The van der Waals surface area contributed by atoms with Gasteiger partial charge < -0.3 is 18.6 Å². The van der Waals surface area contributed by atoms with Gasteiger partial charge in [-0.2, -0.15) is 8.42 Å². The molecule has 0 radical (unpaired) electrons. The Morgan fingerprint density at radius 2 is 2.00 bits per heavy atom. The van der Waals surface area contributed by atoms with Crippen molar-refractivity contribution >= 4 is 16.2 Å². The number of ether oxygens (including phenoxy) is 2. The van der Waals surface area contributed by atoms with Crippen LogP contribution in [-0.2, 0) is 26.2 Å². The number of hydrogen-bond donors (Lipinski definition) is 0. The maximum absolute atomic E-state index is 12.3. The Morgan fingerprint density at radius 1 is 1.28 bits per heavy atom. The van der Waals surface area contributed by atoms with Gasteiger partial charge in [0, 0.05) is 12.5 Å². The minimum atomic E-state index is -3.59. The van der Waals surface area contributed by atoms with E-state index in [1.807, 2.05) is 26.8 Å². The number of hydrogen-bond acceptors (Lipinski definition) is 6. The first-order chi connectivity index (χ1) is 11.5. The quantitative estimate of drug-likeness (QED) is 0.744. The molecule has 138 valence electrons. The summed E-state index contributed by atoms with van der Waals surface area (Å²) in [6.45, 7) is 6.83. The Morgan fingerprint density at radius 3 is 2.64 bits per heavy atom. The number of fused-ring (bicyclic) bond motifs is 3. The van der Waals surface area contributed by atoms with Crippen LogP contribution < -0.4 is 4.18 Å². The predicted octanol–water partition coefficient (Wildman–Crippen LogP) is 2.26. The Kier molecular flexibility index (Phi) is 4.45. The third-order valence-electron chi connectivity index (χ3n) is 4.14. The highest BCUT2D eigenvalue weighted by molar-refractivity contribution is 7.86. The second-order valence-corrected chi connectivity index (χ2v) is 9.06. The van der Waals surface area contributed by atoms with Crippen molar-refractivity contribution in [3.63, 3.8) is 0 Å². The van der Waals surface area contributed by atoms with Crippen molar-refractivity contribution in [3.05, 3.63) is 29.3 Å². The maximum Gasteiger partial charge on any atom is 0.410 e. The molecular weight excluding hydrogens is 346 g/mol. The van der Waals surface area contributed by atoms with Gasteiger partial charge in [0.1, 0.15) is 11.4 Å². The first kappa shape index (κ1) is 18.0. The third kappa shape index (κ3) is 4.24. The number of benzene rings is 1. The van der Waals surface area contributed by atoms with Gasteiger partial charge in [-0.1, -0.05) is 6.07 Å². The highest BCUT2D eigenvalue weighted by Gasteiger charge is 2.41. The SMILES string of the molecule is CC(C)(C)OC(=O)N1C[C@@H]2OCc3ccc(OS(C)(=O)=O)cc3[C@@H]2C1. The molecule has 8 heteroatoms. The highest BCUT2D eigenvalue weighted by atomic mass is 32.2. The molecule has 0 aromatic heterocycles. The molecule has 0 N–H and O–H groups in total. The molecule has 1 fully saturated rings. The second-order valence-electron chi connectivity index (χ2n) is 7.49. The predicted molar refractivity (Wildman–Crippen MR) is 91.0 cm³/mol. The van der Waals surface area contributed by atoms with Gasteiger partial charge in [-0.3, -0.25) is 0 Å². The molecule has 0 aliphatic carbocycles. The fraction of sp³-hybridized carbons (Fsp3) is 0.588. The van der Waals surface area contributed by atoms with E-state index >= 15 is 0 Å². The van der Waals surface area contributed by atoms with Crippen molar-refractivity contribution < 1.29 is 26.9 Å². The van der Waals surface area contributed by atoms with Crippen molar-refractivity contribution in [1.82, 2.24) is 4.90 Å². The molecule has 25 heavy (non-hydrogen) atoms. The van der Waals surface area contributed by atoms with Crippen LogP contribution in [0.3, 0.4) is 0 Å². The van der Waals surface area contributed by atoms with E-state index in [0.29, 0.717) is 19.7 Å². The molecule has 0 unspecified atom stereocenters. The van der Waals surface area contributed by atoms with Crippen LogP contribution in [0.1, 0.15) is 37.8 Å². The van der Waals surface area contributed by atoms with E-state index in [1.54, 1.807) is 17.0 Å². The summed E-state index contributed by atoms with van der Waals surface area (Å²) in [5.74, 6) is 0.247. The number of rotatable bonds is 2. The van der Waals surface area contributed by atoms with E-state index in [0.717, 1.165) is 17.4 Å². The van der Waals surface area contributed by atoms with Gasteiger partial charge in [-0.25, -0.2) is 4.79 Å². The zero-order valence-electron chi connectivity index (χ0n) is 14.8. The average molecular weight is 369 g/mol. The van der Waals surface area contributed by atoms with Crippen LogP contribution in [0, 0.1) is 0 Å². The summed E-state index contributed by atoms with van der Waals surface area (Å²) in [5, 5.41) is 0. The van der Waals surface area contributed by atoms with E-state index in [9.17, 15) is 13.2 Å². The van der Waals surface area contributed by atoms with Crippen LogP contribution in [-0.4, -0.2) is 50.5 Å². The molecule has 1 saturated heterocycles.